The average Bonchev–Trinajstić information content (AvgIpc) is 2.52. The van der Waals surface area contributed by atoms with E-state index in [1.807, 2.05) is 0 Å². The van der Waals surface area contributed by atoms with Gasteiger partial charge in [0.2, 0.25) is 0 Å². The largest absolute Gasteiger partial charge is 0.478 e. The van der Waals surface area contributed by atoms with Crippen LogP contribution < -0.4 is 5.32 Å². The fraction of sp³-hybridized carbons (Fsp3) is 0.143. The zero-order valence-corrected chi connectivity index (χ0v) is 12.2. The number of benzene rings is 1. The van der Waals surface area contributed by atoms with Crippen LogP contribution in [-0.4, -0.2) is 48.3 Å². The second-order valence-corrected chi connectivity index (χ2v) is 4.07. The zero-order valence-electron chi connectivity index (χ0n) is 12.2. The number of aromatic carboxylic acids is 2. The summed E-state index contributed by atoms with van der Waals surface area (Å²) in [7, 11) is 2.14. The number of carbonyl (C=O) groups excluding carboxylic acids is 2. The number of rotatable bonds is 6. The normalized spacial score (nSPS) is 10.6. The lowest BCUT2D eigenvalue weighted by Crippen LogP contribution is -2.17. The zero-order chi connectivity index (χ0) is 17.6. The van der Waals surface area contributed by atoms with Gasteiger partial charge in [-0.15, -0.1) is 0 Å². The van der Waals surface area contributed by atoms with Gasteiger partial charge < -0.3 is 25.0 Å². The summed E-state index contributed by atoms with van der Waals surface area (Å²) in [5.74, 6) is -4.50. The van der Waals surface area contributed by atoms with Crippen LogP contribution in [0.4, 0.5) is 5.69 Å². The molecule has 9 nitrogen and oxygen atoms in total. The SMILES string of the molecule is COC(=O)/C=C(/Nc1cc(C(=O)O)ccc1C(=O)O)C(=O)OC. The third kappa shape index (κ3) is 4.56. The molecule has 0 heterocycles. The first-order chi connectivity index (χ1) is 10.8. The van der Waals surface area contributed by atoms with Crippen LogP contribution in [0.3, 0.4) is 0 Å². The van der Waals surface area contributed by atoms with E-state index in [1.54, 1.807) is 0 Å². The Morgan fingerprint density at radius 3 is 2.17 bits per heavy atom. The van der Waals surface area contributed by atoms with E-state index >= 15 is 0 Å². The maximum absolute atomic E-state index is 11.6. The molecule has 0 amide bonds. The van der Waals surface area contributed by atoms with E-state index in [1.165, 1.54) is 0 Å². The molecule has 0 atom stereocenters. The second kappa shape index (κ2) is 7.59. The molecule has 0 saturated heterocycles. The van der Waals surface area contributed by atoms with Gasteiger partial charge in [-0.05, 0) is 18.2 Å². The summed E-state index contributed by atoms with van der Waals surface area (Å²) < 4.78 is 8.85. The topological polar surface area (TPSA) is 139 Å². The highest BCUT2D eigenvalue weighted by atomic mass is 16.5. The Labute approximate surface area is 130 Å². The molecule has 0 spiro atoms. The summed E-state index contributed by atoms with van der Waals surface area (Å²) in [5.41, 5.74) is -1.11. The van der Waals surface area contributed by atoms with Crippen molar-refractivity contribution in [1.82, 2.24) is 0 Å². The van der Waals surface area contributed by atoms with Crippen LogP contribution in [0.15, 0.2) is 30.0 Å². The molecule has 1 aromatic carbocycles. The number of nitrogens with one attached hydrogen (secondary N) is 1. The Morgan fingerprint density at radius 2 is 1.70 bits per heavy atom. The Kier molecular flexibility index (Phi) is 5.84. The van der Waals surface area contributed by atoms with E-state index in [0.717, 1.165) is 38.5 Å². The van der Waals surface area contributed by atoms with Gasteiger partial charge in [0.05, 0.1) is 37.1 Å². The van der Waals surface area contributed by atoms with E-state index in [2.05, 4.69) is 14.8 Å². The van der Waals surface area contributed by atoms with Crippen molar-refractivity contribution in [3.05, 3.63) is 41.1 Å². The quantitative estimate of drug-likeness (QED) is 0.510. The second-order valence-electron chi connectivity index (χ2n) is 4.07. The molecule has 0 aromatic heterocycles. The first-order valence-corrected chi connectivity index (χ1v) is 6.05. The molecular weight excluding hydrogens is 310 g/mol. The Balaban J connectivity index is 3.35. The minimum atomic E-state index is -1.35. The number of methoxy groups -OCH3 is 2. The number of carboxylic acid groups (broad SMARTS) is 2. The first-order valence-electron chi connectivity index (χ1n) is 6.05. The highest BCUT2D eigenvalue weighted by Crippen LogP contribution is 2.20. The van der Waals surface area contributed by atoms with Gasteiger partial charge in [0, 0.05) is 0 Å². The molecular formula is C14H13NO8. The summed E-state index contributed by atoms with van der Waals surface area (Å²) in [6.07, 6.45) is 0.755. The smallest absolute Gasteiger partial charge is 0.354 e. The molecule has 23 heavy (non-hydrogen) atoms. The molecule has 0 saturated carbocycles. The van der Waals surface area contributed by atoms with Crippen molar-refractivity contribution < 1.29 is 38.9 Å². The third-order valence-electron chi connectivity index (χ3n) is 2.63. The number of carbonyl (C=O) groups is 4. The summed E-state index contributed by atoms with van der Waals surface area (Å²) in [5, 5.41) is 20.5. The van der Waals surface area contributed by atoms with Gasteiger partial charge in [0.25, 0.3) is 0 Å². The maximum Gasteiger partial charge on any atom is 0.354 e. The van der Waals surface area contributed by atoms with Crippen molar-refractivity contribution in [1.29, 1.82) is 0 Å². The van der Waals surface area contributed by atoms with Crippen molar-refractivity contribution in [2.24, 2.45) is 0 Å². The van der Waals surface area contributed by atoms with Crippen molar-refractivity contribution >= 4 is 29.6 Å². The van der Waals surface area contributed by atoms with Crippen LogP contribution in [0, 0.1) is 0 Å². The van der Waals surface area contributed by atoms with Crippen molar-refractivity contribution in [2.45, 2.75) is 0 Å². The molecule has 0 aliphatic carbocycles. The van der Waals surface area contributed by atoms with E-state index in [9.17, 15) is 19.2 Å². The fourth-order valence-corrected chi connectivity index (χ4v) is 1.55. The van der Waals surface area contributed by atoms with Gasteiger partial charge in [-0.25, -0.2) is 19.2 Å². The number of hydrogen-bond acceptors (Lipinski definition) is 7. The lowest BCUT2D eigenvalue weighted by atomic mass is 10.1. The molecule has 1 rings (SSSR count). The summed E-state index contributed by atoms with van der Waals surface area (Å²) in [6.45, 7) is 0. The number of anilines is 1. The maximum atomic E-state index is 11.6. The van der Waals surface area contributed by atoms with Gasteiger partial charge in [-0.3, -0.25) is 0 Å². The van der Waals surface area contributed by atoms with Gasteiger partial charge in [0.1, 0.15) is 5.70 Å². The summed E-state index contributed by atoms with van der Waals surface area (Å²) in [4.78, 5) is 45.1. The van der Waals surface area contributed by atoms with Crippen molar-refractivity contribution in [2.75, 3.05) is 19.5 Å². The van der Waals surface area contributed by atoms with Crippen LogP contribution in [-0.2, 0) is 19.1 Å². The molecule has 0 aliphatic rings. The average molecular weight is 323 g/mol. The highest BCUT2D eigenvalue weighted by Gasteiger charge is 2.18. The number of carboxylic acids is 2. The minimum absolute atomic E-state index is 0.196. The standard InChI is InChI=1S/C14H13NO8/c1-22-11(16)6-10(14(21)23-2)15-9-5-7(12(17)18)3-4-8(9)13(19)20/h3-6,15H,1-2H3,(H,17,18)(H,19,20)/b10-6+. The molecule has 0 aliphatic heterocycles. The van der Waals surface area contributed by atoms with Crippen molar-refractivity contribution in [3.8, 4) is 0 Å². The molecule has 0 unspecified atom stereocenters. The number of esters is 2. The van der Waals surface area contributed by atoms with Crippen LogP contribution in [0.5, 0.6) is 0 Å². The van der Waals surface area contributed by atoms with E-state index < -0.39 is 29.6 Å². The summed E-state index contributed by atoms with van der Waals surface area (Å²) in [6, 6.07) is 3.17. The predicted molar refractivity (Wildman–Crippen MR) is 76.1 cm³/mol. The lowest BCUT2D eigenvalue weighted by Gasteiger charge is -2.12. The number of hydrogen-bond donors (Lipinski definition) is 3. The number of ether oxygens (including phenoxy) is 2. The molecule has 3 N–H and O–H groups in total. The van der Waals surface area contributed by atoms with E-state index in [0.29, 0.717) is 0 Å². The monoisotopic (exact) mass is 323 g/mol. The fourth-order valence-electron chi connectivity index (χ4n) is 1.55. The molecule has 1 aromatic rings. The molecule has 0 radical (unpaired) electrons. The predicted octanol–water partition coefficient (Wildman–Crippen LogP) is 0.725. The Morgan fingerprint density at radius 1 is 1.04 bits per heavy atom. The van der Waals surface area contributed by atoms with Crippen LogP contribution in [0.25, 0.3) is 0 Å². The molecule has 9 heteroatoms. The van der Waals surface area contributed by atoms with Crippen LogP contribution >= 0.6 is 0 Å². The van der Waals surface area contributed by atoms with Gasteiger partial charge >= 0.3 is 23.9 Å². The minimum Gasteiger partial charge on any atom is -0.478 e. The van der Waals surface area contributed by atoms with E-state index in [-0.39, 0.29) is 16.8 Å². The first kappa shape index (κ1) is 17.7. The lowest BCUT2D eigenvalue weighted by molar-refractivity contribution is -0.138. The van der Waals surface area contributed by atoms with Crippen LogP contribution in [0.2, 0.25) is 0 Å². The molecule has 0 fully saturated rings. The molecule has 122 valence electrons. The Bertz CT molecular complexity index is 692. The Hall–Kier alpha value is -3.36. The summed E-state index contributed by atoms with van der Waals surface area (Å²) >= 11 is 0. The highest BCUT2D eigenvalue weighted by molar-refractivity contribution is 6.02. The van der Waals surface area contributed by atoms with E-state index in [4.69, 9.17) is 10.2 Å². The van der Waals surface area contributed by atoms with Gasteiger partial charge in [-0.1, -0.05) is 0 Å². The molecule has 0 bridgehead atoms. The van der Waals surface area contributed by atoms with Gasteiger partial charge in [-0.2, -0.15) is 0 Å². The van der Waals surface area contributed by atoms with Crippen molar-refractivity contribution in [3.63, 3.8) is 0 Å². The van der Waals surface area contributed by atoms with Crippen LogP contribution in [0.1, 0.15) is 20.7 Å². The van der Waals surface area contributed by atoms with Gasteiger partial charge in [0.15, 0.2) is 0 Å². The third-order valence-corrected chi connectivity index (χ3v) is 2.63.